The Kier molecular flexibility index (Phi) is 5.71. The summed E-state index contributed by atoms with van der Waals surface area (Å²) in [5.41, 5.74) is 1.60. The second-order valence-electron chi connectivity index (χ2n) is 9.36. The number of benzene rings is 4. The quantitative estimate of drug-likeness (QED) is 0.268. The van der Waals surface area contributed by atoms with Crippen molar-refractivity contribution in [2.75, 3.05) is 0 Å². The molecule has 184 valence electrons. The van der Waals surface area contributed by atoms with Crippen LogP contribution in [0.3, 0.4) is 0 Å². The summed E-state index contributed by atoms with van der Waals surface area (Å²) in [4.78, 5) is 24.9. The fourth-order valence-corrected chi connectivity index (χ4v) is 4.99. The van der Waals surface area contributed by atoms with Crippen molar-refractivity contribution in [3.8, 4) is 5.75 Å². The Labute approximate surface area is 213 Å². The van der Waals surface area contributed by atoms with Crippen LogP contribution in [-0.4, -0.2) is 38.8 Å². The first-order valence-corrected chi connectivity index (χ1v) is 12.1. The minimum atomic E-state index is -1.80. The van der Waals surface area contributed by atoms with E-state index in [1.807, 2.05) is 72.8 Å². The number of carbonyl (C=O) groups is 1. The molecule has 2 aliphatic heterocycles. The number of phenolic OH excluding ortho intramolecular Hbond substituents is 1. The van der Waals surface area contributed by atoms with Gasteiger partial charge >= 0.3 is 0 Å². The molecule has 2 atom stereocenters. The zero-order valence-corrected chi connectivity index (χ0v) is 19.9. The lowest BCUT2D eigenvalue weighted by atomic mass is 9.99. The minimum Gasteiger partial charge on any atom is -0.508 e. The number of nitrogens with zero attached hydrogens (tertiary/aromatic N) is 2. The number of fused-ring (bicyclic) bond motifs is 2. The van der Waals surface area contributed by atoms with E-state index in [0.717, 1.165) is 27.5 Å². The molecule has 0 aromatic heterocycles. The molecule has 0 bridgehead atoms. The van der Waals surface area contributed by atoms with Crippen molar-refractivity contribution in [2.45, 2.75) is 24.6 Å². The van der Waals surface area contributed by atoms with E-state index in [0.29, 0.717) is 18.0 Å². The molecule has 6 rings (SSSR count). The van der Waals surface area contributed by atoms with Gasteiger partial charge in [0.05, 0.1) is 11.7 Å². The van der Waals surface area contributed by atoms with Gasteiger partial charge in [-0.05, 0) is 58.1 Å². The topological polar surface area (TPSA) is 94.4 Å². The number of rotatable bonds is 6. The first-order valence-electron chi connectivity index (χ1n) is 12.1. The van der Waals surface area contributed by atoms with Gasteiger partial charge in [0, 0.05) is 12.6 Å². The fraction of sp³-hybridized carbons (Fsp3) is 0.133. The lowest BCUT2D eigenvalue weighted by Gasteiger charge is -2.31. The van der Waals surface area contributed by atoms with Crippen molar-refractivity contribution in [3.63, 3.8) is 0 Å². The highest BCUT2D eigenvalue weighted by Gasteiger charge is 2.52. The summed E-state index contributed by atoms with van der Waals surface area (Å²) in [5.74, 6) is 0.170. The predicted molar refractivity (Wildman–Crippen MR) is 142 cm³/mol. The van der Waals surface area contributed by atoms with Crippen LogP contribution in [0, 0.1) is 0 Å². The zero-order chi connectivity index (χ0) is 25.4. The molecular weight excluding hydrogens is 466 g/mol. The summed E-state index contributed by atoms with van der Waals surface area (Å²) in [6.45, 7) is 0. The van der Waals surface area contributed by atoms with Crippen molar-refractivity contribution < 1.29 is 20.0 Å². The van der Waals surface area contributed by atoms with Crippen LogP contribution >= 0.6 is 0 Å². The molecule has 1 amide bonds. The monoisotopic (exact) mass is 491 g/mol. The molecule has 0 radical (unpaired) electrons. The number of carbonyl (C=O) groups excluding carboxylic acids is 1. The van der Waals surface area contributed by atoms with Gasteiger partial charge in [-0.3, -0.25) is 9.69 Å². The van der Waals surface area contributed by atoms with E-state index in [1.54, 1.807) is 30.5 Å². The summed E-state index contributed by atoms with van der Waals surface area (Å²) >= 11 is 0. The van der Waals surface area contributed by atoms with Crippen LogP contribution in [0.5, 0.6) is 5.75 Å². The lowest BCUT2D eigenvalue weighted by Crippen LogP contribution is -2.50. The molecule has 37 heavy (non-hydrogen) atoms. The maximum absolute atomic E-state index is 13.8. The molecule has 2 heterocycles. The number of aromatic hydroxyl groups is 1. The highest BCUT2D eigenvalue weighted by atomic mass is 17.1. The maximum Gasteiger partial charge on any atom is 0.290 e. The molecule has 3 N–H and O–H groups in total. The number of amides is 1. The molecule has 0 saturated carbocycles. The fourth-order valence-electron chi connectivity index (χ4n) is 4.99. The summed E-state index contributed by atoms with van der Waals surface area (Å²) in [6.07, 6.45) is 2.32. The van der Waals surface area contributed by atoms with E-state index in [4.69, 9.17) is 9.88 Å². The molecule has 7 heteroatoms. The maximum atomic E-state index is 13.8. The van der Waals surface area contributed by atoms with Gasteiger partial charge in [-0.25, -0.2) is 10.2 Å². The highest BCUT2D eigenvalue weighted by molar-refractivity contribution is 6.12. The van der Waals surface area contributed by atoms with E-state index in [9.17, 15) is 15.2 Å². The van der Waals surface area contributed by atoms with Gasteiger partial charge in [0.1, 0.15) is 11.6 Å². The van der Waals surface area contributed by atoms with Gasteiger partial charge in [0.2, 0.25) is 0 Å². The first kappa shape index (κ1) is 23.0. The Morgan fingerprint density at radius 1 is 0.892 bits per heavy atom. The molecule has 0 aliphatic carbocycles. The third-order valence-corrected chi connectivity index (χ3v) is 6.86. The number of phenols is 1. The van der Waals surface area contributed by atoms with E-state index in [1.165, 1.54) is 4.90 Å². The third-order valence-electron chi connectivity index (χ3n) is 6.86. The van der Waals surface area contributed by atoms with Gasteiger partial charge < -0.3 is 10.4 Å². The molecule has 0 saturated heterocycles. The predicted octanol–water partition coefficient (Wildman–Crippen LogP) is 4.73. The van der Waals surface area contributed by atoms with Crippen LogP contribution in [0.4, 0.5) is 0 Å². The lowest BCUT2D eigenvalue weighted by molar-refractivity contribution is -0.308. The standard InChI is InChI=1S/C30H25N3O4/c34-25-14-12-23(13-15-25)27-19-33-28(26(31-27)17-20-6-2-1-3-7-20)32-30(37-36,29(33)35)18-21-10-11-22-8-4-5-9-24(22)16-21/h1-16,19,26,31,34,36H,17-18H2/t26-,30+/m1/s1. The first-order chi connectivity index (χ1) is 18.0. The van der Waals surface area contributed by atoms with Gasteiger partial charge in [-0.2, -0.15) is 4.89 Å². The van der Waals surface area contributed by atoms with E-state index in [2.05, 4.69) is 5.32 Å². The van der Waals surface area contributed by atoms with Gasteiger partial charge in [-0.1, -0.05) is 72.8 Å². The van der Waals surface area contributed by atoms with E-state index < -0.39 is 11.6 Å². The summed E-state index contributed by atoms with van der Waals surface area (Å²) in [6, 6.07) is 30.2. The van der Waals surface area contributed by atoms with Crippen LogP contribution in [0.25, 0.3) is 16.5 Å². The van der Waals surface area contributed by atoms with Crippen molar-refractivity contribution in [1.29, 1.82) is 0 Å². The van der Waals surface area contributed by atoms with Crippen LogP contribution in [0.15, 0.2) is 108 Å². The molecule has 0 spiro atoms. The number of hydrogen-bond acceptors (Lipinski definition) is 6. The van der Waals surface area contributed by atoms with Crippen molar-refractivity contribution in [1.82, 2.24) is 10.2 Å². The Morgan fingerprint density at radius 2 is 1.62 bits per heavy atom. The smallest absolute Gasteiger partial charge is 0.290 e. The Balaban J connectivity index is 1.40. The number of hydrogen-bond donors (Lipinski definition) is 3. The SMILES string of the molecule is O=C1N2C=C(c3ccc(O)cc3)N[C@H](Cc3ccccc3)C2=N[C@@]1(Cc1ccc2ccccc2c1)OO. The molecule has 4 aromatic carbocycles. The van der Waals surface area contributed by atoms with Crippen molar-refractivity contribution in [2.24, 2.45) is 4.99 Å². The molecule has 7 nitrogen and oxygen atoms in total. The zero-order valence-electron chi connectivity index (χ0n) is 19.9. The van der Waals surface area contributed by atoms with Gasteiger partial charge in [0.15, 0.2) is 0 Å². The molecule has 0 fully saturated rings. The van der Waals surface area contributed by atoms with Gasteiger partial charge in [-0.15, -0.1) is 0 Å². The van der Waals surface area contributed by atoms with Crippen molar-refractivity contribution >= 4 is 28.2 Å². The van der Waals surface area contributed by atoms with Crippen LogP contribution in [0.1, 0.15) is 16.7 Å². The summed E-state index contributed by atoms with van der Waals surface area (Å²) in [5, 5.41) is 25.4. The highest BCUT2D eigenvalue weighted by Crippen LogP contribution is 2.34. The number of aliphatic imine (C=N–C) groups is 1. The Morgan fingerprint density at radius 3 is 2.38 bits per heavy atom. The second kappa shape index (κ2) is 9.20. The molecule has 0 unspecified atom stereocenters. The second-order valence-corrected chi connectivity index (χ2v) is 9.36. The largest absolute Gasteiger partial charge is 0.508 e. The average molecular weight is 492 g/mol. The Bertz CT molecular complexity index is 1530. The van der Waals surface area contributed by atoms with E-state index >= 15 is 0 Å². The van der Waals surface area contributed by atoms with Gasteiger partial charge in [0.25, 0.3) is 11.6 Å². The molecule has 2 aliphatic rings. The number of amidine groups is 1. The molecular formula is C30H25N3O4. The molecule has 4 aromatic rings. The minimum absolute atomic E-state index is 0.0770. The summed E-state index contributed by atoms with van der Waals surface area (Å²) < 4.78 is 0. The normalized spacial score (nSPS) is 20.8. The summed E-state index contributed by atoms with van der Waals surface area (Å²) in [7, 11) is 0. The van der Waals surface area contributed by atoms with Crippen molar-refractivity contribution in [3.05, 3.63) is 120 Å². The van der Waals surface area contributed by atoms with Crippen LogP contribution in [0.2, 0.25) is 0 Å². The van der Waals surface area contributed by atoms with Crippen LogP contribution < -0.4 is 5.32 Å². The average Bonchev–Trinajstić information content (AvgIpc) is 3.21. The number of nitrogens with one attached hydrogen (secondary N) is 1. The third kappa shape index (κ3) is 4.24. The van der Waals surface area contributed by atoms with Crippen LogP contribution in [-0.2, 0) is 22.5 Å². The van der Waals surface area contributed by atoms with E-state index in [-0.39, 0.29) is 18.2 Å². The Hall–Kier alpha value is -4.46.